The van der Waals surface area contributed by atoms with E-state index in [1.54, 1.807) is 24.3 Å². The van der Waals surface area contributed by atoms with Gasteiger partial charge in [0.1, 0.15) is 12.3 Å². The van der Waals surface area contributed by atoms with E-state index < -0.39 is 24.5 Å². The van der Waals surface area contributed by atoms with Crippen molar-refractivity contribution in [2.75, 3.05) is 7.05 Å². The summed E-state index contributed by atoms with van der Waals surface area (Å²) in [5.74, 6) is -0.999. The first kappa shape index (κ1) is 16.1. The van der Waals surface area contributed by atoms with Gasteiger partial charge in [-0.15, -0.1) is 0 Å². The van der Waals surface area contributed by atoms with Crippen LogP contribution in [0.2, 0.25) is 0 Å². The lowest BCUT2D eigenvalue weighted by molar-refractivity contribution is -0.148. The highest BCUT2D eigenvalue weighted by molar-refractivity contribution is 5.81. The Morgan fingerprint density at radius 1 is 1.25 bits per heavy atom. The SMILES string of the molecule is CN(Cc1ccco1)C(=O)Cn1c(C(F)(F)F)nc2ccccc21. The molecule has 0 fully saturated rings. The molecule has 0 aliphatic carbocycles. The maximum absolute atomic E-state index is 13.2. The lowest BCUT2D eigenvalue weighted by atomic mass is 10.3. The van der Waals surface area contributed by atoms with Gasteiger partial charge in [-0.1, -0.05) is 12.1 Å². The Balaban J connectivity index is 1.89. The third-order valence-corrected chi connectivity index (χ3v) is 3.60. The van der Waals surface area contributed by atoms with Gasteiger partial charge in [-0.25, -0.2) is 4.98 Å². The molecule has 0 radical (unpaired) electrons. The van der Waals surface area contributed by atoms with E-state index in [-0.39, 0.29) is 17.6 Å². The quantitative estimate of drug-likeness (QED) is 0.734. The molecule has 0 spiro atoms. The predicted molar refractivity (Wildman–Crippen MR) is 79.9 cm³/mol. The molecule has 0 N–H and O–H groups in total. The third-order valence-electron chi connectivity index (χ3n) is 3.60. The Bertz CT molecular complexity index is 853. The van der Waals surface area contributed by atoms with Gasteiger partial charge in [-0.3, -0.25) is 4.79 Å². The zero-order chi connectivity index (χ0) is 17.3. The normalized spacial score (nSPS) is 11.8. The maximum atomic E-state index is 13.2. The molecule has 2 aromatic heterocycles. The minimum Gasteiger partial charge on any atom is -0.467 e. The summed E-state index contributed by atoms with van der Waals surface area (Å²) in [4.78, 5) is 17.3. The van der Waals surface area contributed by atoms with Crippen LogP contribution in [0.1, 0.15) is 11.6 Å². The van der Waals surface area contributed by atoms with Crippen LogP contribution in [0.4, 0.5) is 13.2 Å². The van der Waals surface area contributed by atoms with Crippen molar-refractivity contribution < 1.29 is 22.4 Å². The minimum atomic E-state index is -4.64. The van der Waals surface area contributed by atoms with Gasteiger partial charge in [-0.05, 0) is 24.3 Å². The Kier molecular flexibility index (Phi) is 4.04. The van der Waals surface area contributed by atoms with Gasteiger partial charge in [0.05, 0.1) is 23.8 Å². The zero-order valence-corrected chi connectivity index (χ0v) is 12.7. The second kappa shape index (κ2) is 6.03. The molecule has 3 aromatic rings. The smallest absolute Gasteiger partial charge is 0.449 e. The lowest BCUT2D eigenvalue weighted by Gasteiger charge is -2.18. The molecule has 5 nitrogen and oxygen atoms in total. The van der Waals surface area contributed by atoms with Crippen LogP contribution in [0.25, 0.3) is 11.0 Å². The number of halogens is 3. The van der Waals surface area contributed by atoms with Crippen molar-refractivity contribution >= 4 is 16.9 Å². The number of amides is 1. The molecule has 1 amide bonds. The minimum absolute atomic E-state index is 0.180. The topological polar surface area (TPSA) is 51.3 Å². The van der Waals surface area contributed by atoms with E-state index in [0.29, 0.717) is 5.76 Å². The summed E-state index contributed by atoms with van der Waals surface area (Å²) >= 11 is 0. The van der Waals surface area contributed by atoms with Crippen molar-refractivity contribution in [3.8, 4) is 0 Å². The number of aromatic nitrogens is 2. The summed E-state index contributed by atoms with van der Waals surface area (Å²) in [6.07, 6.45) is -3.17. The number of nitrogens with zero attached hydrogens (tertiary/aromatic N) is 3. The summed E-state index contributed by atoms with van der Waals surface area (Å²) in [6, 6.07) is 9.58. The summed E-state index contributed by atoms with van der Waals surface area (Å²) in [6.45, 7) is -0.271. The fourth-order valence-electron chi connectivity index (χ4n) is 2.43. The van der Waals surface area contributed by atoms with Crippen molar-refractivity contribution in [1.82, 2.24) is 14.5 Å². The number of benzene rings is 1. The summed E-state index contributed by atoms with van der Waals surface area (Å²) in [7, 11) is 1.51. The van der Waals surface area contributed by atoms with E-state index in [0.717, 1.165) is 4.57 Å². The van der Waals surface area contributed by atoms with Gasteiger partial charge in [0.2, 0.25) is 11.7 Å². The molecular weight excluding hydrogens is 323 g/mol. The van der Waals surface area contributed by atoms with E-state index in [9.17, 15) is 18.0 Å². The van der Waals surface area contributed by atoms with E-state index >= 15 is 0 Å². The van der Waals surface area contributed by atoms with E-state index in [1.807, 2.05) is 0 Å². The molecule has 0 saturated carbocycles. The number of hydrogen-bond acceptors (Lipinski definition) is 3. The zero-order valence-electron chi connectivity index (χ0n) is 12.7. The Labute approximate surface area is 135 Å². The van der Waals surface area contributed by atoms with Crippen LogP contribution in [0.5, 0.6) is 0 Å². The van der Waals surface area contributed by atoms with Crippen molar-refractivity contribution in [3.05, 3.63) is 54.2 Å². The number of hydrogen-bond donors (Lipinski definition) is 0. The van der Waals surface area contributed by atoms with Gasteiger partial charge < -0.3 is 13.9 Å². The summed E-state index contributed by atoms with van der Waals surface area (Å²) < 4.78 is 45.7. The summed E-state index contributed by atoms with van der Waals surface area (Å²) in [5.41, 5.74) is 0.468. The number of rotatable bonds is 4. The first-order chi connectivity index (χ1) is 11.4. The highest BCUT2D eigenvalue weighted by Crippen LogP contribution is 2.31. The molecule has 8 heteroatoms. The number of likely N-dealkylation sites (N-methyl/N-ethyl adjacent to an activating group) is 1. The van der Waals surface area contributed by atoms with Gasteiger partial charge >= 0.3 is 6.18 Å². The van der Waals surface area contributed by atoms with Gasteiger partial charge in [0, 0.05) is 7.05 Å². The van der Waals surface area contributed by atoms with Crippen LogP contribution in [-0.2, 0) is 24.1 Å². The van der Waals surface area contributed by atoms with Crippen LogP contribution in [0.3, 0.4) is 0 Å². The number of para-hydroxylation sites is 2. The molecule has 0 aliphatic rings. The molecule has 2 heterocycles. The number of imidazole rings is 1. The average Bonchev–Trinajstić information content (AvgIpc) is 3.15. The van der Waals surface area contributed by atoms with Gasteiger partial charge in [0.25, 0.3) is 0 Å². The number of alkyl halides is 3. The van der Waals surface area contributed by atoms with Gasteiger partial charge in [0.15, 0.2) is 0 Å². The molecule has 0 bridgehead atoms. The number of fused-ring (bicyclic) bond motifs is 1. The first-order valence-corrected chi connectivity index (χ1v) is 7.15. The van der Waals surface area contributed by atoms with E-state index in [2.05, 4.69) is 4.98 Å². The van der Waals surface area contributed by atoms with Crippen molar-refractivity contribution in [2.24, 2.45) is 0 Å². The Hall–Kier alpha value is -2.77. The molecule has 24 heavy (non-hydrogen) atoms. The van der Waals surface area contributed by atoms with E-state index in [1.165, 1.54) is 30.3 Å². The molecule has 0 unspecified atom stereocenters. The Morgan fingerprint density at radius 2 is 2.00 bits per heavy atom. The number of furan rings is 1. The monoisotopic (exact) mass is 337 g/mol. The summed E-state index contributed by atoms with van der Waals surface area (Å²) in [5, 5.41) is 0. The Morgan fingerprint density at radius 3 is 2.67 bits per heavy atom. The molecule has 0 saturated heterocycles. The fourth-order valence-corrected chi connectivity index (χ4v) is 2.43. The van der Waals surface area contributed by atoms with Crippen molar-refractivity contribution in [1.29, 1.82) is 0 Å². The molecular formula is C16H14F3N3O2. The van der Waals surface area contributed by atoms with Gasteiger partial charge in [-0.2, -0.15) is 13.2 Å². The van der Waals surface area contributed by atoms with Crippen LogP contribution < -0.4 is 0 Å². The van der Waals surface area contributed by atoms with Crippen molar-refractivity contribution in [2.45, 2.75) is 19.3 Å². The first-order valence-electron chi connectivity index (χ1n) is 7.15. The number of carbonyl (C=O) groups excluding carboxylic acids is 1. The van der Waals surface area contributed by atoms with Crippen LogP contribution >= 0.6 is 0 Å². The molecule has 0 aliphatic heterocycles. The van der Waals surface area contributed by atoms with Crippen LogP contribution in [-0.4, -0.2) is 27.4 Å². The van der Waals surface area contributed by atoms with Crippen LogP contribution in [0, 0.1) is 0 Å². The molecule has 0 atom stereocenters. The average molecular weight is 337 g/mol. The largest absolute Gasteiger partial charge is 0.467 e. The predicted octanol–water partition coefficient (Wildman–Crippen LogP) is 3.31. The fraction of sp³-hybridized carbons (Fsp3) is 0.250. The second-order valence-electron chi connectivity index (χ2n) is 5.34. The highest BCUT2D eigenvalue weighted by Gasteiger charge is 2.38. The van der Waals surface area contributed by atoms with Crippen LogP contribution in [0.15, 0.2) is 47.1 Å². The molecule has 1 aromatic carbocycles. The lowest BCUT2D eigenvalue weighted by Crippen LogP contribution is -2.31. The molecule has 3 rings (SSSR count). The molecule has 126 valence electrons. The number of carbonyl (C=O) groups is 1. The highest BCUT2D eigenvalue weighted by atomic mass is 19.4. The maximum Gasteiger partial charge on any atom is 0.449 e. The third kappa shape index (κ3) is 3.12. The van der Waals surface area contributed by atoms with Crippen molar-refractivity contribution in [3.63, 3.8) is 0 Å². The van der Waals surface area contributed by atoms with E-state index in [4.69, 9.17) is 4.42 Å². The second-order valence-corrected chi connectivity index (χ2v) is 5.34. The standard InChI is InChI=1S/C16H14F3N3O2/c1-21(9-11-5-4-8-24-11)14(23)10-22-13-7-3-2-6-12(13)20-15(22)16(17,18)19/h2-8H,9-10H2,1H3.